The minimum atomic E-state index is -0.378. The summed E-state index contributed by atoms with van der Waals surface area (Å²) in [6.07, 6.45) is 0. The third kappa shape index (κ3) is 4.94. The number of ether oxygens (including phenoxy) is 1. The molecule has 0 fully saturated rings. The van der Waals surface area contributed by atoms with E-state index in [2.05, 4.69) is 31.4 Å². The molecule has 4 aromatic rings. The zero-order valence-electron chi connectivity index (χ0n) is 19.0. The number of aromatic nitrogens is 3. The highest BCUT2D eigenvalue weighted by atomic mass is 79.9. The maximum Gasteiger partial charge on any atom is 0.264 e. The van der Waals surface area contributed by atoms with Crippen LogP contribution in [-0.4, -0.2) is 27.2 Å². The summed E-state index contributed by atoms with van der Waals surface area (Å²) in [5, 5.41) is 6.85. The molecule has 8 nitrogen and oxygen atoms in total. The Morgan fingerprint density at radius 1 is 1.15 bits per heavy atom. The summed E-state index contributed by atoms with van der Waals surface area (Å²) in [5.74, 6) is 0.696. The molecule has 2 aromatic carbocycles. The van der Waals surface area contributed by atoms with E-state index in [0.717, 1.165) is 10.0 Å². The number of nitrogens with one attached hydrogen (secondary N) is 1. The second kappa shape index (κ2) is 10.0. The highest BCUT2D eigenvalue weighted by Gasteiger charge is 2.20. The minimum Gasteiger partial charge on any atom is -0.492 e. The van der Waals surface area contributed by atoms with E-state index in [0.29, 0.717) is 35.1 Å². The Morgan fingerprint density at radius 2 is 1.88 bits per heavy atom. The number of rotatable bonds is 7. The number of nitrogens with zero attached hydrogens (tertiary/aromatic N) is 3. The van der Waals surface area contributed by atoms with Gasteiger partial charge in [-0.05, 0) is 68.8 Å². The van der Waals surface area contributed by atoms with Crippen molar-refractivity contribution in [2.45, 2.75) is 27.3 Å². The number of anilines is 1. The number of amides is 1. The number of carbonyl (C=O) groups excluding carboxylic acids is 1. The quantitative estimate of drug-likeness (QED) is 0.367. The number of hydrogen-bond donors (Lipinski definition) is 1. The molecule has 2 aromatic heterocycles. The number of carbonyl (C=O) groups is 1. The zero-order chi connectivity index (χ0) is 24.2. The Bertz CT molecular complexity index is 1390. The molecular weight excluding hydrogens is 500 g/mol. The lowest BCUT2D eigenvalue weighted by Gasteiger charge is -2.14. The Labute approximate surface area is 204 Å². The molecule has 1 amide bonds. The van der Waals surface area contributed by atoms with Gasteiger partial charge in [-0.2, -0.15) is 4.98 Å². The predicted octanol–water partition coefficient (Wildman–Crippen LogP) is 4.98. The lowest BCUT2D eigenvalue weighted by Crippen LogP contribution is -2.30. The molecule has 0 radical (unpaired) electrons. The van der Waals surface area contributed by atoms with Crippen molar-refractivity contribution >= 4 is 27.5 Å². The van der Waals surface area contributed by atoms with E-state index >= 15 is 0 Å². The van der Waals surface area contributed by atoms with Gasteiger partial charge in [0.25, 0.3) is 11.4 Å². The topological polar surface area (TPSA) is 99.2 Å². The monoisotopic (exact) mass is 522 g/mol. The molecule has 0 bridgehead atoms. The van der Waals surface area contributed by atoms with Crippen LogP contribution in [0.15, 0.2) is 68.4 Å². The van der Waals surface area contributed by atoms with E-state index < -0.39 is 0 Å². The molecule has 0 saturated heterocycles. The molecule has 0 unspecified atom stereocenters. The third-order valence-corrected chi connectivity index (χ3v) is 5.74. The van der Waals surface area contributed by atoms with Crippen LogP contribution >= 0.6 is 15.9 Å². The summed E-state index contributed by atoms with van der Waals surface area (Å²) in [4.78, 5) is 30.6. The average Bonchev–Trinajstić information content (AvgIpc) is 3.28. The van der Waals surface area contributed by atoms with Crippen LogP contribution in [0.2, 0.25) is 0 Å². The van der Waals surface area contributed by atoms with Crippen molar-refractivity contribution in [3.05, 3.63) is 80.7 Å². The largest absolute Gasteiger partial charge is 0.492 e. The number of hydrogen-bond acceptors (Lipinski definition) is 6. The molecule has 4 rings (SSSR count). The van der Waals surface area contributed by atoms with Crippen molar-refractivity contribution in [3.63, 3.8) is 0 Å². The number of pyridine rings is 1. The number of halogens is 1. The highest BCUT2D eigenvalue weighted by molar-refractivity contribution is 9.10. The van der Waals surface area contributed by atoms with Gasteiger partial charge in [0.2, 0.25) is 11.7 Å². The number of aryl methyl sites for hydroxylation is 2. The molecule has 0 aliphatic heterocycles. The Hall–Kier alpha value is -3.72. The first-order valence-corrected chi connectivity index (χ1v) is 11.5. The average molecular weight is 523 g/mol. The van der Waals surface area contributed by atoms with Gasteiger partial charge >= 0.3 is 0 Å². The summed E-state index contributed by atoms with van der Waals surface area (Å²) < 4.78 is 13.3. The van der Waals surface area contributed by atoms with Crippen LogP contribution in [0.5, 0.6) is 5.75 Å². The SMILES string of the molecule is CCOc1ccccc1NC(=O)Cn1c(C)cc(C)c(-c2nc(-c3ccc(Br)cc3)no2)c1=O. The second-order valence-corrected chi connectivity index (χ2v) is 8.56. The van der Waals surface area contributed by atoms with Gasteiger partial charge < -0.3 is 19.1 Å². The highest BCUT2D eigenvalue weighted by Crippen LogP contribution is 2.25. The van der Waals surface area contributed by atoms with Gasteiger partial charge in [0.15, 0.2) is 0 Å². The maximum atomic E-state index is 13.4. The van der Waals surface area contributed by atoms with Crippen molar-refractivity contribution in [3.8, 4) is 28.6 Å². The lowest BCUT2D eigenvalue weighted by atomic mass is 10.1. The summed E-state index contributed by atoms with van der Waals surface area (Å²) in [7, 11) is 0. The molecule has 2 heterocycles. The molecule has 0 spiro atoms. The van der Waals surface area contributed by atoms with Crippen molar-refractivity contribution in [2.24, 2.45) is 0 Å². The molecule has 9 heteroatoms. The first-order valence-electron chi connectivity index (χ1n) is 10.7. The molecule has 0 aliphatic rings. The molecule has 34 heavy (non-hydrogen) atoms. The van der Waals surface area contributed by atoms with Crippen LogP contribution in [0.3, 0.4) is 0 Å². The van der Waals surface area contributed by atoms with Crippen LogP contribution in [0.1, 0.15) is 18.2 Å². The normalized spacial score (nSPS) is 10.8. The van der Waals surface area contributed by atoms with Crippen molar-refractivity contribution < 1.29 is 14.1 Å². The molecular formula is C25H23BrN4O4. The van der Waals surface area contributed by atoms with Gasteiger partial charge in [-0.3, -0.25) is 9.59 Å². The summed E-state index contributed by atoms with van der Waals surface area (Å²) >= 11 is 3.40. The van der Waals surface area contributed by atoms with Crippen LogP contribution in [0.25, 0.3) is 22.8 Å². The lowest BCUT2D eigenvalue weighted by molar-refractivity contribution is -0.116. The van der Waals surface area contributed by atoms with Gasteiger partial charge in [0, 0.05) is 15.7 Å². The van der Waals surface area contributed by atoms with Crippen LogP contribution in [-0.2, 0) is 11.3 Å². The molecule has 0 aliphatic carbocycles. The number of benzene rings is 2. The Balaban J connectivity index is 1.63. The first kappa shape index (κ1) is 23.4. The maximum absolute atomic E-state index is 13.4. The molecule has 0 saturated carbocycles. The van der Waals surface area contributed by atoms with E-state index in [1.54, 1.807) is 32.0 Å². The van der Waals surface area contributed by atoms with E-state index in [1.165, 1.54) is 4.57 Å². The number of para-hydroxylation sites is 2. The fraction of sp³-hybridized carbons (Fsp3) is 0.200. The minimum absolute atomic E-state index is 0.108. The Kier molecular flexibility index (Phi) is 6.93. The van der Waals surface area contributed by atoms with Crippen molar-refractivity contribution in [1.82, 2.24) is 14.7 Å². The first-order chi connectivity index (χ1) is 16.4. The Morgan fingerprint density at radius 3 is 2.62 bits per heavy atom. The van der Waals surface area contributed by atoms with Gasteiger partial charge in [-0.15, -0.1) is 0 Å². The van der Waals surface area contributed by atoms with E-state index in [9.17, 15) is 9.59 Å². The standard InChI is InChI=1S/C25H23BrN4O4/c1-4-33-20-8-6-5-7-19(20)27-21(31)14-30-16(3)13-15(2)22(25(30)32)24-28-23(29-34-24)17-9-11-18(26)12-10-17/h5-13H,4,14H2,1-3H3,(H,27,31). The second-order valence-electron chi connectivity index (χ2n) is 7.64. The smallest absolute Gasteiger partial charge is 0.264 e. The van der Waals surface area contributed by atoms with Crippen molar-refractivity contribution in [1.29, 1.82) is 0 Å². The fourth-order valence-corrected chi connectivity index (χ4v) is 3.87. The molecule has 1 N–H and O–H groups in total. The predicted molar refractivity (Wildman–Crippen MR) is 133 cm³/mol. The summed E-state index contributed by atoms with van der Waals surface area (Å²) in [6, 6.07) is 16.4. The zero-order valence-corrected chi connectivity index (χ0v) is 20.5. The molecule has 174 valence electrons. The van der Waals surface area contributed by atoms with Crippen molar-refractivity contribution in [2.75, 3.05) is 11.9 Å². The summed E-state index contributed by atoms with van der Waals surface area (Å²) in [6.45, 7) is 5.75. The summed E-state index contributed by atoms with van der Waals surface area (Å²) in [5.41, 5.74) is 2.53. The van der Waals surface area contributed by atoms with Gasteiger partial charge in [-0.25, -0.2) is 0 Å². The van der Waals surface area contributed by atoms with E-state index in [-0.39, 0.29) is 29.5 Å². The molecule has 0 atom stereocenters. The van der Waals surface area contributed by atoms with Gasteiger partial charge in [0.1, 0.15) is 17.9 Å². The van der Waals surface area contributed by atoms with E-state index in [4.69, 9.17) is 9.26 Å². The van der Waals surface area contributed by atoms with Crippen LogP contribution in [0, 0.1) is 13.8 Å². The van der Waals surface area contributed by atoms with Gasteiger partial charge in [-0.1, -0.05) is 33.2 Å². The van der Waals surface area contributed by atoms with Crippen LogP contribution < -0.4 is 15.6 Å². The fourth-order valence-electron chi connectivity index (χ4n) is 3.61. The third-order valence-electron chi connectivity index (χ3n) is 5.21. The van der Waals surface area contributed by atoms with E-state index in [1.807, 2.05) is 43.3 Å². The van der Waals surface area contributed by atoms with Gasteiger partial charge in [0.05, 0.1) is 12.3 Å². The van der Waals surface area contributed by atoms with Crippen LogP contribution in [0.4, 0.5) is 5.69 Å².